The molecule has 0 spiro atoms. The van der Waals surface area contributed by atoms with Crippen LogP contribution in [0, 0.1) is 5.82 Å². The molecule has 3 N–H and O–H groups in total. The molecular formula is C16H16ClFN2O6. The minimum Gasteiger partial charge on any atom is -0.387 e. The van der Waals surface area contributed by atoms with Crippen LogP contribution in [0.2, 0.25) is 5.02 Å². The number of H-pyrrole nitrogens is 1. The topological polar surface area (TPSA) is 114 Å². The summed E-state index contributed by atoms with van der Waals surface area (Å²) in [6.07, 6.45) is -4.55. The van der Waals surface area contributed by atoms with Crippen LogP contribution in [0.4, 0.5) is 4.39 Å². The van der Waals surface area contributed by atoms with E-state index < -0.39 is 41.6 Å². The van der Waals surface area contributed by atoms with E-state index in [9.17, 15) is 24.2 Å². The molecule has 1 aliphatic rings. The lowest BCUT2D eigenvalue weighted by molar-refractivity contribution is -0.0714. The normalized spacial score (nSPS) is 25.5. The Labute approximate surface area is 151 Å². The molecule has 1 aromatic carbocycles. The summed E-state index contributed by atoms with van der Waals surface area (Å²) in [4.78, 5) is 24.6. The molecule has 4 atom stereocenters. The molecule has 0 aliphatic carbocycles. The molecule has 0 bridgehead atoms. The standard InChI is InChI=1S/C16H16ClFN2O6/c17-9-3-1-2-8(4-9)6-25-7-11-12(21)13(22)15(26-11)20-5-10(18)14(23)19-16(20)24/h1-5,11-13,15,21-22H,6-7H2,(H,19,23,24)/t11-,12?,13?,15-/m0/s1. The molecule has 2 unspecified atom stereocenters. The van der Waals surface area contributed by atoms with Crippen molar-refractivity contribution in [1.29, 1.82) is 0 Å². The molecule has 8 nitrogen and oxygen atoms in total. The number of nitrogens with zero attached hydrogens (tertiary/aromatic N) is 1. The van der Waals surface area contributed by atoms with Crippen molar-refractivity contribution in [2.24, 2.45) is 0 Å². The van der Waals surface area contributed by atoms with Gasteiger partial charge in [-0.2, -0.15) is 4.39 Å². The predicted octanol–water partition coefficient (Wildman–Crippen LogP) is 0.165. The quantitative estimate of drug-likeness (QED) is 0.675. The Hall–Kier alpha value is -2.04. The predicted molar refractivity (Wildman–Crippen MR) is 88.3 cm³/mol. The summed E-state index contributed by atoms with van der Waals surface area (Å²) in [5, 5.41) is 20.7. The maximum Gasteiger partial charge on any atom is 0.330 e. The SMILES string of the molecule is O=c1[nH]c(=O)n([C@H]2O[C@@H](COCc3cccc(Cl)c3)C(O)C2O)cc1F. The molecule has 3 rings (SSSR count). The highest BCUT2D eigenvalue weighted by molar-refractivity contribution is 6.30. The number of aromatic amines is 1. The second-order valence-electron chi connectivity index (χ2n) is 5.83. The van der Waals surface area contributed by atoms with Gasteiger partial charge < -0.3 is 19.7 Å². The van der Waals surface area contributed by atoms with Crippen LogP contribution in [0.15, 0.2) is 40.1 Å². The average molecular weight is 387 g/mol. The highest BCUT2D eigenvalue weighted by Gasteiger charge is 2.44. The monoisotopic (exact) mass is 386 g/mol. The maximum atomic E-state index is 13.4. The number of hydrogen-bond donors (Lipinski definition) is 3. The van der Waals surface area contributed by atoms with E-state index in [0.717, 1.165) is 5.56 Å². The van der Waals surface area contributed by atoms with Crippen molar-refractivity contribution in [1.82, 2.24) is 9.55 Å². The smallest absolute Gasteiger partial charge is 0.330 e. The van der Waals surface area contributed by atoms with Gasteiger partial charge in [0.2, 0.25) is 5.82 Å². The van der Waals surface area contributed by atoms with Gasteiger partial charge in [-0.15, -0.1) is 0 Å². The van der Waals surface area contributed by atoms with Crippen LogP contribution in [-0.4, -0.2) is 44.7 Å². The molecule has 1 aromatic heterocycles. The van der Waals surface area contributed by atoms with E-state index in [1.54, 1.807) is 29.2 Å². The zero-order chi connectivity index (χ0) is 18.8. The summed E-state index contributed by atoms with van der Waals surface area (Å²) >= 11 is 5.88. The van der Waals surface area contributed by atoms with Gasteiger partial charge in [-0.3, -0.25) is 14.3 Å². The highest BCUT2D eigenvalue weighted by atomic mass is 35.5. The van der Waals surface area contributed by atoms with Crippen molar-refractivity contribution in [3.05, 3.63) is 67.7 Å². The fraction of sp³-hybridized carbons (Fsp3) is 0.375. The van der Waals surface area contributed by atoms with Crippen LogP contribution in [0.25, 0.3) is 0 Å². The molecule has 0 radical (unpaired) electrons. The minimum atomic E-state index is -1.50. The number of benzene rings is 1. The minimum absolute atomic E-state index is 0.0815. The van der Waals surface area contributed by atoms with Gasteiger partial charge in [-0.25, -0.2) is 4.79 Å². The first kappa shape index (κ1) is 18.7. The van der Waals surface area contributed by atoms with Gasteiger partial charge in [0.1, 0.15) is 18.3 Å². The Balaban J connectivity index is 1.67. The highest BCUT2D eigenvalue weighted by Crippen LogP contribution is 2.28. The molecule has 140 valence electrons. The number of ether oxygens (including phenoxy) is 2. The van der Waals surface area contributed by atoms with Crippen LogP contribution < -0.4 is 11.2 Å². The van der Waals surface area contributed by atoms with Crippen molar-refractivity contribution in [2.75, 3.05) is 6.61 Å². The Morgan fingerprint density at radius 2 is 2.08 bits per heavy atom. The Morgan fingerprint density at radius 3 is 2.81 bits per heavy atom. The van der Waals surface area contributed by atoms with Crippen molar-refractivity contribution >= 4 is 11.6 Å². The number of aromatic nitrogens is 2. The summed E-state index contributed by atoms with van der Waals surface area (Å²) in [6, 6.07) is 7.00. The molecule has 2 heterocycles. The summed E-state index contributed by atoms with van der Waals surface area (Å²) in [7, 11) is 0. The van der Waals surface area contributed by atoms with Gasteiger partial charge in [-0.1, -0.05) is 23.7 Å². The van der Waals surface area contributed by atoms with Crippen molar-refractivity contribution in [3.63, 3.8) is 0 Å². The third-order valence-electron chi connectivity index (χ3n) is 3.98. The van der Waals surface area contributed by atoms with E-state index in [2.05, 4.69) is 0 Å². The molecule has 1 saturated heterocycles. The first-order chi connectivity index (χ1) is 12.4. The van der Waals surface area contributed by atoms with E-state index >= 15 is 0 Å². The first-order valence-electron chi connectivity index (χ1n) is 7.71. The summed E-state index contributed by atoms with van der Waals surface area (Å²) in [6.45, 7) is 0.114. The number of rotatable bonds is 5. The van der Waals surface area contributed by atoms with Crippen molar-refractivity contribution in [2.45, 2.75) is 31.1 Å². The fourth-order valence-corrected chi connectivity index (χ4v) is 2.88. The largest absolute Gasteiger partial charge is 0.387 e. The Bertz CT molecular complexity index is 901. The summed E-state index contributed by atoms with van der Waals surface area (Å²) in [5.74, 6) is -1.21. The molecule has 0 saturated carbocycles. The van der Waals surface area contributed by atoms with Gasteiger partial charge in [0.25, 0.3) is 5.56 Å². The number of aliphatic hydroxyl groups is 2. The Kier molecular flexibility index (Phi) is 5.54. The molecule has 26 heavy (non-hydrogen) atoms. The number of halogens is 2. The summed E-state index contributed by atoms with van der Waals surface area (Å²) < 4.78 is 25.0. The van der Waals surface area contributed by atoms with Crippen molar-refractivity contribution < 1.29 is 24.1 Å². The van der Waals surface area contributed by atoms with Gasteiger partial charge in [0.15, 0.2) is 6.23 Å². The second-order valence-corrected chi connectivity index (χ2v) is 6.27. The van der Waals surface area contributed by atoms with E-state index in [0.29, 0.717) is 15.8 Å². The van der Waals surface area contributed by atoms with E-state index in [1.165, 1.54) is 0 Å². The third kappa shape index (κ3) is 3.87. The lowest BCUT2D eigenvalue weighted by atomic mass is 10.1. The number of hydrogen-bond acceptors (Lipinski definition) is 6. The van der Waals surface area contributed by atoms with E-state index in [1.807, 2.05) is 0 Å². The first-order valence-corrected chi connectivity index (χ1v) is 8.09. The van der Waals surface area contributed by atoms with Crippen LogP contribution in [-0.2, 0) is 16.1 Å². The third-order valence-corrected chi connectivity index (χ3v) is 4.21. The van der Waals surface area contributed by atoms with Gasteiger partial charge >= 0.3 is 5.69 Å². The lowest BCUT2D eigenvalue weighted by Crippen LogP contribution is -2.38. The summed E-state index contributed by atoms with van der Waals surface area (Å²) in [5.41, 5.74) is -1.34. The Morgan fingerprint density at radius 1 is 1.31 bits per heavy atom. The second kappa shape index (κ2) is 7.68. The van der Waals surface area contributed by atoms with Crippen LogP contribution in [0.1, 0.15) is 11.8 Å². The lowest BCUT2D eigenvalue weighted by Gasteiger charge is -2.17. The zero-order valence-corrected chi connectivity index (χ0v) is 14.1. The van der Waals surface area contributed by atoms with E-state index in [-0.39, 0.29) is 13.2 Å². The molecule has 0 amide bonds. The number of nitrogens with one attached hydrogen (secondary N) is 1. The molecule has 2 aromatic rings. The fourth-order valence-electron chi connectivity index (χ4n) is 2.67. The van der Waals surface area contributed by atoms with Crippen LogP contribution >= 0.6 is 11.6 Å². The van der Waals surface area contributed by atoms with Crippen molar-refractivity contribution in [3.8, 4) is 0 Å². The molecule has 1 fully saturated rings. The van der Waals surface area contributed by atoms with Gasteiger partial charge in [0, 0.05) is 5.02 Å². The number of aliphatic hydroxyl groups excluding tert-OH is 2. The van der Waals surface area contributed by atoms with Crippen LogP contribution in [0.3, 0.4) is 0 Å². The van der Waals surface area contributed by atoms with Gasteiger partial charge in [0.05, 0.1) is 19.4 Å². The van der Waals surface area contributed by atoms with Gasteiger partial charge in [-0.05, 0) is 17.7 Å². The molecular weight excluding hydrogens is 371 g/mol. The zero-order valence-electron chi connectivity index (χ0n) is 13.3. The molecule has 10 heteroatoms. The average Bonchev–Trinajstić information content (AvgIpc) is 2.87. The van der Waals surface area contributed by atoms with E-state index in [4.69, 9.17) is 21.1 Å². The van der Waals surface area contributed by atoms with Crippen LogP contribution in [0.5, 0.6) is 0 Å². The maximum absolute atomic E-state index is 13.4. The molecule has 1 aliphatic heterocycles.